The molecule has 34 heavy (non-hydrogen) atoms. The molecule has 0 unspecified atom stereocenters. The Morgan fingerprint density at radius 3 is 1.50 bits per heavy atom. The maximum absolute atomic E-state index is 6.30. The van der Waals surface area contributed by atoms with E-state index in [1.54, 1.807) is 0 Å². The SMILES string of the molecule is c1ccc2c(c1)CCOc1cccc3cc4c(nc13)-c1nc3c(cccc3cc1CC4)OCC2. The zero-order valence-corrected chi connectivity index (χ0v) is 18.9. The van der Waals surface area contributed by atoms with E-state index >= 15 is 0 Å². The highest BCUT2D eigenvalue weighted by Crippen LogP contribution is 2.38. The predicted molar refractivity (Wildman–Crippen MR) is 135 cm³/mol. The van der Waals surface area contributed by atoms with Gasteiger partial charge in [-0.15, -0.1) is 0 Å². The van der Waals surface area contributed by atoms with Crippen molar-refractivity contribution in [2.75, 3.05) is 13.2 Å². The summed E-state index contributed by atoms with van der Waals surface area (Å²) >= 11 is 0. The summed E-state index contributed by atoms with van der Waals surface area (Å²) in [5.74, 6) is 1.67. The minimum atomic E-state index is 0.605. The number of hydrogen-bond acceptors (Lipinski definition) is 4. The second-order valence-electron chi connectivity index (χ2n) is 9.11. The van der Waals surface area contributed by atoms with Crippen LogP contribution in [0.4, 0.5) is 0 Å². The normalized spacial score (nSPS) is 14.8. The lowest BCUT2D eigenvalue weighted by Gasteiger charge is -2.21. The lowest BCUT2D eigenvalue weighted by Crippen LogP contribution is -2.11. The number of rotatable bonds is 0. The lowest BCUT2D eigenvalue weighted by molar-refractivity contribution is 0.318. The first-order valence-electron chi connectivity index (χ1n) is 12.0. The fourth-order valence-electron chi connectivity index (χ4n) is 5.31. The molecule has 166 valence electrons. The maximum Gasteiger partial charge on any atom is 0.145 e. The Kier molecular flexibility index (Phi) is 4.51. The van der Waals surface area contributed by atoms with E-state index in [1.165, 1.54) is 22.3 Å². The van der Waals surface area contributed by atoms with Gasteiger partial charge in [0.2, 0.25) is 0 Å². The molecular formula is C30H24N2O2. The summed E-state index contributed by atoms with van der Waals surface area (Å²) < 4.78 is 12.6. The van der Waals surface area contributed by atoms with E-state index in [1.807, 2.05) is 12.1 Å². The van der Waals surface area contributed by atoms with Crippen LogP contribution in [0, 0.1) is 0 Å². The Hall–Kier alpha value is -3.92. The van der Waals surface area contributed by atoms with Crippen molar-refractivity contribution in [3.63, 3.8) is 0 Å². The molecule has 0 spiro atoms. The van der Waals surface area contributed by atoms with Crippen LogP contribution in [0.1, 0.15) is 22.3 Å². The minimum Gasteiger partial charge on any atom is -0.491 e. The van der Waals surface area contributed by atoms with Gasteiger partial charge in [-0.25, -0.2) is 9.97 Å². The Morgan fingerprint density at radius 2 is 1.00 bits per heavy atom. The first-order chi connectivity index (χ1) is 16.8. The third-order valence-electron chi connectivity index (χ3n) is 7.04. The molecular weight excluding hydrogens is 420 g/mol. The standard InChI is InChI=1S/C30H24N2O2/c1-2-6-20-14-16-34-26-10-4-8-22-18-24-12-11-23-17-21-7-3-9-25(33-15-13-19(20)5-1)27(21)31-29(23)30(24)32-28(22)26/h1-10,17-18H,11-16H2. The monoisotopic (exact) mass is 444 g/mol. The van der Waals surface area contributed by atoms with Gasteiger partial charge >= 0.3 is 0 Å². The highest BCUT2D eigenvalue weighted by molar-refractivity contribution is 5.91. The number of ether oxygens (including phenoxy) is 2. The molecule has 0 radical (unpaired) electrons. The van der Waals surface area contributed by atoms with Gasteiger partial charge in [0.25, 0.3) is 0 Å². The Morgan fingerprint density at radius 1 is 0.500 bits per heavy atom. The molecule has 4 heteroatoms. The molecule has 4 bridgehead atoms. The Labute approximate surface area is 198 Å². The Balaban J connectivity index is 1.45. The van der Waals surface area contributed by atoms with Crippen molar-refractivity contribution in [3.05, 3.63) is 95.1 Å². The van der Waals surface area contributed by atoms with Crippen molar-refractivity contribution in [2.24, 2.45) is 0 Å². The molecule has 7 rings (SSSR count). The number of aromatic nitrogens is 2. The largest absolute Gasteiger partial charge is 0.491 e. The Bertz CT molecular complexity index is 1460. The average Bonchev–Trinajstić information content (AvgIpc) is 2.87. The van der Waals surface area contributed by atoms with Crippen LogP contribution in [0.15, 0.2) is 72.8 Å². The molecule has 0 atom stereocenters. The first-order valence-corrected chi connectivity index (χ1v) is 12.0. The van der Waals surface area contributed by atoms with Crippen molar-refractivity contribution in [1.29, 1.82) is 0 Å². The topological polar surface area (TPSA) is 44.2 Å². The van der Waals surface area contributed by atoms with Crippen LogP contribution in [0.2, 0.25) is 0 Å². The number of benzene rings is 3. The summed E-state index contributed by atoms with van der Waals surface area (Å²) in [5, 5.41) is 2.23. The van der Waals surface area contributed by atoms with E-state index in [0.29, 0.717) is 13.2 Å². The van der Waals surface area contributed by atoms with Crippen LogP contribution in [0.3, 0.4) is 0 Å². The molecule has 5 aromatic rings. The molecule has 0 amide bonds. The summed E-state index contributed by atoms with van der Waals surface area (Å²) in [4.78, 5) is 10.3. The van der Waals surface area contributed by atoms with Crippen LogP contribution in [-0.2, 0) is 25.7 Å². The van der Waals surface area contributed by atoms with Crippen molar-refractivity contribution in [1.82, 2.24) is 9.97 Å². The molecule has 1 aliphatic carbocycles. The molecule has 1 aliphatic heterocycles. The van der Waals surface area contributed by atoms with E-state index < -0.39 is 0 Å². The minimum absolute atomic E-state index is 0.605. The maximum atomic E-state index is 6.30. The molecule has 2 aromatic heterocycles. The summed E-state index contributed by atoms with van der Waals surface area (Å²) in [6, 6.07) is 25.5. The van der Waals surface area contributed by atoms with Crippen LogP contribution < -0.4 is 9.47 Å². The number of hydrogen-bond donors (Lipinski definition) is 0. The lowest BCUT2D eigenvalue weighted by atomic mass is 9.90. The molecule has 3 aromatic carbocycles. The molecule has 0 saturated carbocycles. The van der Waals surface area contributed by atoms with E-state index in [-0.39, 0.29) is 0 Å². The van der Waals surface area contributed by atoms with Gasteiger partial charge in [0.1, 0.15) is 22.5 Å². The molecule has 3 heterocycles. The van der Waals surface area contributed by atoms with Gasteiger partial charge < -0.3 is 9.47 Å². The van der Waals surface area contributed by atoms with Gasteiger partial charge in [-0.2, -0.15) is 0 Å². The van der Waals surface area contributed by atoms with E-state index in [0.717, 1.165) is 70.4 Å². The average molecular weight is 445 g/mol. The number of nitrogens with zero attached hydrogens (tertiary/aromatic N) is 2. The molecule has 0 N–H and O–H groups in total. The summed E-state index contributed by atoms with van der Waals surface area (Å²) in [5.41, 5.74) is 8.84. The predicted octanol–water partition coefficient (Wildman–Crippen LogP) is 6.11. The van der Waals surface area contributed by atoms with Crippen LogP contribution >= 0.6 is 0 Å². The summed E-state index contributed by atoms with van der Waals surface area (Å²) in [6.45, 7) is 1.21. The quantitative estimate of drug-likeness (QED) is 0.289. The number of fused-ring (bicyclic) bond motifs is 1. The van der Waals surface area contributed by atoms with Crippen molar-refractivity contribution < 1.29 is 9.47 Å². The van der Waals surface area contributed by atoms with E-state index in [2.05, 4.69) is 60.7 Å². The smallest absolute Gasteiger partial charge is 0.145 e. The third-order valence-corrected chi connectivity index (χ3v) is 7.04. The van der Waals surface area contributed by atoms with Crippen molar-refractivity contribution in [3.8, 4) is 22.9 Å². The summed E-state index contributed by atoms with van der Waals surface area (Å²) in [6.07, 6.45) is 3.63. The fourth-order valence-corrected chi connectivity index (χ4v) is 5.31. The van der Waals surface area contributed by atoms with Gasteiger partial charge in [0.05, 0.1) is 24.6 Å². The number of aryl methyl sites for hydroxylation is 2. The van der Waals surface area contributed by atoms with Gasteiger partial charge in [-0.05, 0) is 59.4 Å². The molecule has 2 aliphatic rings. The highest BCUT2D eigenvalue weighted by Gasteiger charge is 2.22. The first kappa shape index (κ1) is 19.5. The third kappa shape index (κ3) is 3.21. The molecule has 0 fully saturated rings. The zero-order chi connectivity index (χ0) is 22.5. The van der Waals surface area contributed by atoms with Gasteiger partial charge in [-0.3, -0.25) is 0 Å². The second-order valence-corrected chi connectivity index (χ2v) is 9.11. The van der Waals surface area contributed by atoms with Gasteiger partial charge in [0.15, 0.2) is 0 Å². The highest BCUT2D eigenvalue weighted by atomic mass is 16.5. The van der Waals surface area contributed by atoms with Crippen LogP contribution in [0.25, 0.3) is 33.2 Å². The number of para-hydroxylation sites is 2. The fraction of sp³-hybridized carbons (Fsp3) is 0.200. The van der Waals surface area contributed by atoms with Gasteiger partial charge in [-0.1, -0.05) is 48.5 Å². The van der Waals surface area contributed by atoms with Crippen LogP contribution in [0.5, 0.6) is 11.5 Å². The van der Waals surface area contributed by atoms with Crippen molar-refractivity contribution >= 4 is 21.8 Å². The van der Waals surface area contributed by atoms with E-state index in [4.69, 9.17) is 19.4 Å². The van der Waals surface area contributed by atoms with Crippen LogP contribution in [-0.4, -0.2) is 23.2 Å². The zero-order valence-electron chi connectivity index (χ0n) is 18.9. The molecule has 4 nitrogen and oxygen atoms in total. The number of pyridine rings is 2. The second kappa shape index (κ2) is 7.84. The van der Waals surface area contributed by atoms with Gasteiger partial charge in [0, 0.05) is 23.6 Å². The van der Waals surface area contributed by atoms with E-state index in [9.17, 15) is 0 Å². The summed E-state index contributed by atoms with van der Waals surface area (Å²) in [7, 11) is 0. The van der Waals surface area contributed by atoms with Crippen molar-refractivity contribution in [2.45, 2.75) is 25.7 Å². The molecule has 0 saturated heterocycles.